The van der Waals surface area contributed by atoms with Gasteiger partial charge in [-0.2, -0.15) is 5.10 Å². The van der Waals surface area contributed by atoms with Gasteiger partial charge < -0.3 is 0 Å². The van der Waals surface area contributed by atoms with Gasteiger partial charge in [-0.3, -0.25) is 9.78 Å². The first kappa shape index (κ1) is 15.7. The Hall–Kier alpha value is -2.14. The first-order valence-corrected chi connectivity index (χ1v) is 8.79. The number of hydrogen-bond acceptors (Lipinski definition) is 4. The highest BCUT2D eigenvalue weighted by molar-refractivity contribution is 7.99. The van der Waals surface area contributed by atoms with Crippen LogP contribution in [0.25, 0.3) is 0 Å². The lowest BCUT2D eigenvalue weighted by atomic mass is 10.1. The molecule has 1 aliphatic rings. The summed E-state index contributed by atoms with van der Waals surface area (Å²) in [5, 5.41) is 6.03. The van der Waals surface area contributed by atoms with Crippen molar-refractivity contribution in [3.63, 3.8) is 0 Å². The van der Waals surface area contributed by atoms with Crippen molar-refractivity contribution >= 4 is 23.4 Å². The Morgan fingerprint density at radius 1 is 1.26 bits per heavy atom. The number of hydrogen-bond donors (Lipinski definition) is 0. The third-order valence-corrected chi connectivity index (χ3v) is 4.82. The summed E-state index contributed by atoms with van der Waals surface area (Å²) in [6.07, 6.45) is 5.20. The molecule has 1 aromatic carbocycles. The van der Waals surface area contributed by atoms with Gasteiger partial charge in [-0.25, -0.2) is 5.01 Å². The number of nitrogens with zero attached hydrogens (tertiary/aromatic N) is 3. The van der Waals surface area contributed by atoms with Gasteiger partial charge in [-0.1, -0.05) is 19.1 Å². The number of amides is 1. The summed E-state index contributed by atoms with van der Waals surface area (Å²) in [7, 11) is 0. The smallest absolute Gasteiger partial charge is 0.267 e. The molecule has 0 spiro atoms. The van der Waals surface area contributed by atoms with Crippen LogP contribution in [0.1, 0.15) is 35.7 Å². The second-order valence-electron chi connectivity index (χ2n) is 5.34. The van der Waals surface area contributed by atoms with Crippen molar-refractivity contribution < 1.29 is 4.79 Å². The van der Waals surface area contributed by atoms with Crippen LogP contribution in [0.4, 0.5) is 0 Å². The molecular weight excluding hydrogens is 306 g/mol. The fourth-order valence-electron chi connectivity index (χ4n) is 2.41. The highest BCUT2D eigenvalue weighted by atomic mass is 32.2. The number of rotatable bonds is 5. The van der Waals surface area contributed by atoms with E-state index in [2.05, 4.69) is 41.3 Å². The number of aromatic nitrogens is 1. The van der Waals surface area contributed by atoms with Gasteiger partial charge in [-0.05, 0) is 42.0 Å². The molecule has 2 heterocycles. The normalized spacial score (nSPS) is 14.0. The molecule has 0 atom stereocenters. The maximum absolute atomic E-state index is 12.4. The van der Waals surface area contributed by atoms with Crippen molar-refractivity contribution in [3.8, 4) is 0 Å². The summed E-state index contributed by atoms with van der Waals surface area (Å²) >= 11 is 1.86. The molecule has 0 radical (unpaired) electrons. The Morgan fingerprint density at radius 3 is 2.78 bits per heavy atom. The van der Waals surface area contributed by atoms with E-state index in [1.807, 2.05) is 11.8 Å². The Kier molecular flexibility index (Phi) is 5.08. The van der Waals surface area contributed by atoms with E-state index in [-0.39, 0.29) is 5.91 Å². The molecule has 118 valence electrons. The Labute approximate surface area is 140 Å². The molecular formula is C18H19N3OS. The quantitative estimate of drug-likeness (QED) is 0.785. The molecule has 0 saturated carbocycles. The van der Waals surface area contributed by atoms with E-state index < -0.39 is 0 Å². The lowest BCUT2D eigenvalue weighted by molar-refractivity contribution is 0.0778. The first-order valence-electron chi connectivity index (χ1n) is 7.80. The molecule has 0 aliphatic carbocycles. The van der Waals surface area contributed by atoms with Crippen molar-refractivity contribution in [2.24, 2.45) is 5.10 Å². The molecule has 1 aromatic heterocycles. The Morgan fingerprint density at radius 2 is 2.09 bits per heavy atom. The fourth-order valence-corrected chi connectivity index (χ4v) is 3.18. The van der Waals surface area contributed by atoms with Crippen LogP contribution in [0.3, 0.4) is 0 Å². The SMILES string of the molecule is CCCSc1ccc(C2=NN(C(=O)c3cccnc3)CC2)cc1. The number of thioether (sulfide) groups is 1. The van der Waals surface area contributed by atoms with Gasteiger partial charge >= 0.3 is 0 Å². The van der Waals surface area contributed by atoms with Crippen molar-refractivity contribution in [2.75, 3.05) is 12.3 Å². The predicted molar refractivity (Wildman–Crippen MR) is 93.9 cm³/mol. The third-order valence-electron chi connectivity index (χ3n) is 3.61. The second kappa shape index (κ2) is 7.42. The van der Waals surface area contributed by atoms with Gasteiger partial charge in [0.15, 0.2) is 0 Å². The molecule has 1 amide bonds. The monoisotopic (exact) mass is 325 g/mol. The maximum atomic E-state index is 12.4. The zero-order chi connectivity index (χ0) is 16.1. The minimum atomic E-state index is -0.0942. The summed E-state index contributed by atoms with van der Waals surface area (Å²) in [5.74, 6) is 1.04. The summed E-state index contributed by atoms with van der Waals surface area (Å²) in [5.41, 5.74) is 2.63. The Bertz CT molecular complexity index is 698. The largest absolute Gasteiger partial charge is 0.275 e. The second-order valence-corrected chi connectivity index (χ2v) is 6.51. The molecule has 5 heteroatoms. The number of benzene rings is 1. The number of carbonyl (C=O) groups is 1. The van der Waals surface area contributed by atoms with E-state index in [1.165, 1.54) is 16.3 Å². The van der Waals surface area contributed by atoms with Crippen LogP contribution in [0.15, 0.2) is 58.8 Å². The summed E-state index contributed by atoms with van der Waals surface area (Å²) in [6, 6.07) is 12.0. The summed E-state index contributed by atoms with van der Waals surface area (Å²) in [4.78, 5) is 17.6. The molecule has 0 fully saturated rings. The molecule has 0 bridgehead atoms. The van der Waals surface area contributed by atoms with Crippen molar-refractivity contribution in [1.29, 1.82) is 0 Å². The van der Waals surface area contributed by atoms with Gasteiger partial charge in [0.05, 0.1) is 17.8 Å². The molecule has 4 nitrogen and oxygen atoms in total. The van der Waals surface area contributed by atoms with Crippen LogP contribution in [-0.2, 0) is 0 Å². The van der Waals surface area contributed by atoms with Crippen LogP contribution in [0, 0.1) is 0 Å². The zero-order valence-electron chi connectivity index (χ0n) is 13.1. The van der Waals surface area contributed by atoms with E-state index in [1.54, 1.807) is 24.5 Å². The minimum absolute atomic E-state index is 0.0942. The maximum Gasteiger partial charge on any atom is 0.275 e. The number of hydrazone groups is 1. The highest BCUT2D eigenvalue weighted by Gasteiger charge is 2.22. The standard InChI is InChI=1S/C18H19N3OS/c1-2-12-23-16-7-5-14(6-8-16)17-9-11-21(20-17)18(22)15-4-3-10-19-13-15/h3-8,10,13H,2,9,11-12H2,1H3. The molecule has 1 aliphatic heterocycles. The van der Waals surface area contributed by atoms with Gasteiger partial charge in [0.25, 0.3) is 5.91 Å². The molecule has 0 unspecified atom stereocenters. The topological polar surface area (TPSA) is 45.6 Å². The van der Waals surface area contributed by atoms with Gasteiger partial charge in [-0.15, -0.1) is 11.8 Å². The molecule has 3 rings (SSSR count). The third kappa shape index (κ3) is 3.79. The van der Waals surface area contributed by atoms with Gasteiger partial charge in [0, 0.05) is 23.7 Å². The summed E-state index contributed by atoms with van der Waals surface area (Å²) < 4.78 is 0. The number of carbonyl (C=O) groups excluding carboxylic acids is 1. The van der Waals surface area contributed by atoms with E-state index in [0.717, 1.165) is 23.4 Å². The van der Waals surface area contributed by atoms with Gasteiger partial charge in [0.1, 0.15) is 0 Å². The van der Waals surface area contributed by atoms with Gasteiger partial charge in [0.2, 0.25) is 0 Å². The van der Waals surface area contributed by atoms with Crippen LogP contribution in [0.2, 0.25) is 0 Å². The molecule has 0 N–H and O–H groups in total. The van der Waals surface area contributed by atoms with Crippen molar-refractivity contribution in [2.45, 2.75) is 24.7 Å². The molecule has 23 heavy (non-hydrogen) atoms. The van der Waals surface area contributed by atoms with E-state index >= 15 is 0 Å². The zero-order valence-corrected chi connectivity index (χ0v) is 13.9. The summed E-state index contributed by atoms with van der Waals surface area (Å²) in [6.45, 7) is 2.80. The van der Waals surface area contributed by atoms with E-state index in [9.17, 15) is 4.79 Å². The van der Waals surface area contributed by atoms with Crippen molar-refractivity contribution in [3.05, 3.63) is 59.9 Å². The highest BCUT2D eigenvalue weighted by Crippen LogP contribution is 2.21. The van der Waals surface area contributed by atoms with Crippen LogP contribution < -0.4 is 0 Å². The van der Waals surface area contributed by atoms with Crippen LogP contribution in [0.5, 0.6) is 0 Å². The molecule has 2 aromatic rings. The van der Waals surface area contributed by atoms with E-state index in [4.69, 9.17) is 0 Å². The Balaban J connectivity index is 1.71. The minimum Gasteiger partial charge on any atom is -0.267 e. The van der Waals surface area contributed by atoms with E-state index in [0.29, 0.717) is 12.1 Å². The first-order chi connectivity index (χ1) is 11.3. The lowest BCUT2D eigenvalue weighted by Crippen LogP contribution is -2.23. The van der Waals surface area contributed by atoms with Crippen LogP contribution >= 0.6 is 11.8 Å². The van der Waals surface area contributed by atoms with Crippen molar-refractivity contribution in [1.82, 2.24) is 9.99 Å². The average Bonchev–Trinajstić information content (AvgIpc) is 3.10. The molecule has 0 saturated heterocycles. The average molecular weight is 325 g/mol. The lowest BCUT2D eigenvalue weighted by Gasteiger charge is -2.10. The number of pyridine rings is 1. The predicted octanol–water partition coefficient (Wildman–Crippen LogP) is 3.83. The van der Waals surface area contributed by atoms with Crippen LogP contribution in [-0.4, -0.2) is 33.9 Å². The fraction of sp³-hybridized carbons (Fsp3) is 0.278.